The second kappa shape index (κ2) is 18.6. The van der Waals surface area contributed by atoms with Gasteiger partial charge in [0.15, 0.2) is 69.8 Å². The van der Waals surface area contributed by atoms with Gasteiger partial charge in [-0.15, -0.1) is 0 Å². The van der Waals surface area contributed by atoms with E-state index < -0.39 is 69.8 Å². The molecule has 76 heavy (non-hydrogen) atoms. The van der Waals surface area contributed by atoms with Crippen LogP contribution in [0, 0.1) is 69.8 Å². The average Bonchev–Trinajstić information content (AvgIpc) is 3.63. The number of benzene rings is 10. The van der Waals surface area contributed by atoms with Crippen LogP contribution in [0.4, 0.5) is 52.7 Å². The maximum atomic E-state index is 15.0. The summed E-state index contributed by atoms with van der Waals surface area (Å²) in [6, 6.07) is 35.1. The first-order valence-electron chi connectivity index (χ1n) is 24.0. The summed E-state index contributed by atoms with van der Waals surface area (Å²) in [5.41, 5.74) is 5.94. The number of quaternary nitrogens is 1. The zero-order valence-corrected chi connectivity index (χ0v) is 39.5. The van der Waals surface area contributed by atoms with Crippen LogP contribution in [0.25, 0.3) is 99.4 Å². The zero-order valence-electron chi connectivity index (χ0n) is 39.5. The van der Waals surface area contributed by atoms with Crippen LogP contribution in [0.5, 0.6) is 0 Å². The fourth-order valence-corrected chi connectivity index (χ4v) is 11.0. The number of hydrogen-bond donors (Lipinski definition) is 0. The molecule has 0 bridgehead atoms. The van der Waals surface area contributed by atoms with Crippen molar-refractivity contribution < 1.29 is 61.9 Å². The summed E-state index contributed by atoms with van der Waals surface area (Å²) in [7, 11) is 0. The van der Waals surface area contributed by atoms with Gasteiger partial charge in [0.2, 0.25) is 0 Å². The van der Waals surface area contributed by atoms with E-state index in [0.29, 0.717) is 66.1 Å². The molecule has 12 rings (SSSR count). The summed E-state index contributed by atoms with van der Waals surface area (Å²) in [5, 5.41) is 3.16. The molecule has 1 spiro atoms. The van der Waals surface area contributed by atoms with Crippen molar-refractivity contribution in [2.75, 3.05) is 26.3 Å². The minimum Gasteiger partial charge on any atom is -0.370 e. The normalized spacial score (nSPS) is 14.1. The Kier molecular flexibility index (Phi) is 11.9. The minimum atomic E-state index is -1.69. The molecule has 1 fully saturated rings. The number of nitrogens with zero attached hydrogens (tertiary/aromatic N) is 1. The van der Waals surface area contributed by atoms with Crippen LogP contribution in [-0.4, -0.2) is 30.8 Å². The van der Waals surface area contributed by atoms with Gasteiger partial charge in [-0.1, -0.05) is 48.5 Å². The second-order valence-corrected chi connectivity index (χ2v) is 19.4. The molecule has 10 aromatic carbocycles. The molecule has 10 aromatic rings. The third-order valence-electron chi connectivity index (χ3n) is 14.7. The van der Waals surface area contributed by atoms with Crippen molar-refractivity contribution in [1.82, 2.24) is 0 Å². The molecule has 2 heterocycles. The third kappa shape index (κ3) is 8.45. The van der Waals surface area contributed by atoms with Gasteiger partial charge in [0.05, 0.1) is 13.2 Å². The van der Waals surface area contributed by atoms with E-state index in [9.17, 15) is 52.7 Å². The van der Waals surface area contributed by atoms with Gasteiger partial charge in [0, 0.05) is 16.7 Å². The van der Waals surface area contributed by atoms with Crippen LogP contribution in [0.15, 0.2) is 146 Å². The Bertz CT molecular complexity index is 3850. The van der Waals surface area contributed by atoms with E-state index in [1.165, 1.54) is 12.1 Å². The molecule has 0 atom stereocenters. The Hall–Kier alpha value is -8.20. The van der Waals surface area contributed by atoms with E-state index in [1.807, 2.05) is 60.7 Å². The molecular formula is C62H36F12NO+. The molecule has 2 nitrogen and oxygen atoms in total. The standard InChI is InChI=1S/C62H36F12NO/c63-49-21-40(22-50(64)59(49)71)36-14-35(15-37(16-36)41-23-51(65)60(72)52(66)24-41)31-7-8-46-33(13-31)5-6-34-29-75(9-11-76-12-10-75)30-48-47(20-32-3-1-2-4-45(32)58(48)57(34)46)44-18-38(42-25-53(67)61(73)54(68)26-42)17-39(19-44)43-27-55(69)62(74)56(70)28-43/h1-8,13-28H,9-12,29-30H2/q+1. The average molecular weight is 1040 g/mol. The third-order valence-corrected chi connectivity index (χ3v) is 14.7. The topological polar surface area (TPSA) is 9.23 Å². The Morgan fingerprint density at radius 3 is 1.16 bits per heavy atom. The monoisotopic (exact) mass is 1040 g/mol. The SMILES string of the molecule is Fc1cc(-c2cc(-c3cc(F)c(F)c(F)c3)cc(-c3ccc4c5c(ccc4c3)C[N+]3(CCOCC3)Cc3c(-c4cc(-c6cc(F)c(F)c(F)c6)cc(-c6cc(F)c(F)c(F)c6)c4)cc4ccccc4c3-5)c2)cc(F)c1F. The lowest BCUT2D eigenvalue weighted by molar-refractivity contribution is -0.959. The van der Waals surface area contributed by atoms with Crippen molar-refractivity contribution in [3.63, 3.8) is 0 Å². The molecule has 0 N–H and O–H groups in total. The summed E-state index contributed by atoms with van der Waals surface area (Å²) in [5.74, 6) is -18.4. The summed E-state index contributed by atoms with van der Waals surface area (Å²) >= 11 is 0. The van der Waals surface area contributed by atoms with Gasteiger partial charge in [-0.25, -0.2) is 52.7 Å². The van der Waals surface area contributed by atoms with E-state index in [0.717, 1.165) is 92.3 Å². The fraction of sp³-hybridized carbons (Fsp3) is 0.0968. The van der Waals surface area contributed by atoms with Crippen LogP contribution in [0.2, 0.25) is 0 Å². The molecule has 1 saturated heterocycles. The number of hydrogen-bond acceptors (Lipinski definition) is 1. The van der Waals surface area contributed by atoms with Gasteiger partial charge >= 0.3 is 0 Å². The Morgan fingerprint density at radius 2 is 0.697 bits per heavy atom. The smallest absolute Gasteiger partial charge is 0.194 e. The number of morpholine rings is 1. The van der Waals surface area contributed by atoms with Gasteiger partial charge in [0.1, 0.15) is 26.2 Å². The highest BCUT2D eigenvalue weighted by atomic mass is 19.2. The first-order chi connectivity index (χ1) is 36.5. The van der Waals surface area contributed by atoms with E-state index in [-0.39, 0.29) is 44.5 Å². The number of rotatable bonds is 6. The lowest BCUT2D eigenvalue weighted by atomic mass is 9.83. The molecule has 2 aliphatic rings. The van der Waals surface area contributed by atoms with Gasteiger partial charge in [-0.05, 0) is 191 Å². The predicted octanol–water partition coefficient (Wildman–Crippen LogP) is 17.2. The first kappa shape index (κ1) is 48.7. The highest BCUT2D eigenvalue weighted by Crippen LogP contribution is 2.49. The van der Waals surface area contributed by atoms with Crippen molar-refractivity contribution in [1.29, 1.82) is 0 Å². The molecule has 378 valence electrons. The van der Waals surface area contributed by atoms with Gasteiger partial charge in [-0.3, -0.25) is 0 Å². The van der Waals surface area contributed by atoms with Gasteiger partial charge in [0.25, 0.3) is 0 Å². The van der Waals surface area contributed by atoms with Crippen LogP contribution in [0.1, 0.15) is 11.1 Å². The van der Waals surface area contributed by atoms with E-state index >= 15 is 0 Å². The predicted molar refractivity (Wildman–Crippen MR) is 267 cm³/mol. The molecule has 0 unspecified atom stereocenters. The Morgan fingerprint density at radius 1 is 0.316 bits per heavy atom. The van der Waals surface area contributed by atoms with Crippen LogP contribution in [0.3, 0.4) is 0 Å². The second-order valence-electron chi connectivity index (χ2n) is 19.4. The quantitative estimate of drug-likeness (QED) is 0.0916. The Labute approximate surface area is 425 Å². The molecule has 2 aliphatic heterocycles. The van der Waals surface area contributed by atoms with Crippen molar-refractivity contribution >= 4 is 21.5 Å². The fourth-order valence-electron chi connectivity index (χ4n) is 11.0. The van der Waals surface area contributed by atoms with Crippen LogP contribution in [-0.2, 0) is 17.8 Å². The van der Waals surface area contributed by atoms with E-state index in [4.69, 9.17) is 4.74 Å². The number of halogens is 12. The largest absolute Gasteiger partial charge is 0.370 e. The Balaban J connectivity index is 1.11. The van der Waals surface area contributed by atoms with E-state index in [1.54, 1.807) is 24.3 Å². The highest BCUT2D eigenvalue weighted by Gasteiger charge is 2.38. The van der Waals surface area contributed by atoms with Crippen molar-refractivity contribution in [2.24, 2.45) is 0 Å². The molecule has 0 radical (unpaired) electrons. The molecule has 14 heteroatoms. The maximum Gasteiger partial charge on any atom is 0.194 e. The number of ether oxygens (including phenoxy) is 1. The first-order valence-corrected chi connectivity index (χ1v) is 24.0. The molecular weight excluding hydrogens is 1000 g/mol. The minimum absolute atomic E-state index is 0.0788. The maximum absolute atomic E-state index is 15.0. The summed E-state index contributed by atoms with van der Waals surface area (Å²) in [4.78, 5) is 0. The zero-order chi connectivity index (χ0) is 52.9. The van der Waals surface area contributed by atoms with Gasteiger partial charge < -0.3 is 9.22 Å². The summed E-state index contributed by atoms with van der Waals surface area (Å²) < 4.78 is 183. The summed E-state index contributed by atoms with van der Waals surface area (Å²) in [6.07, 6.45) is 0. The van der Waals surface area contributed by atoms with E-state index in [2.05, 4.69) is 0 Å². The van der Waals surface area contributed by atoms with Gasteiger partial charge in [-0.2, -0.15) is 0 Å². The lowest BCUT2D eigenvalue weighted by Crippen LogP contribution is -2.53. The molecule has 0 amide bonds. The van der Waals surface area contributed by atoms with Crippen molar-refractivity contribution in [2.45, 2.75) is 13.1 Å². The van der Waals surface area contributed by atoms with Crippen LogP contribution < -0.4 is 0 Å². The lowest BCUT2D eigenvalue weighted by Gasteiger charge is -2.41. The number of fused-ring (bicyclic) bond motifs is 7. The van der Waals surface area contributed by atoms with Crippen molar-refractivity contribution in [3.8, 4) is 77.9 Å². The molecule has 0 aliphatic carbocycles. The van der Waals surface area contributed by atoms with Crippen LogP contribution >= 0.6 is 0 Å². The molecule has 0 saturated carbocycles. The summed E-state index contributed by atoms with van der Waals surface area (Å²) in [6.45, 7) is 3.10. The molecule has 0 aromatic heterocycles. The van der Waals surface area contributed by atoms with Crippen molar-refractivity contribution in [3.05, 3.63) is 227 Å². The highest BCUT2D eigenvalue weighted by molar-refractivity contribution is 6.11.